The second kappa shape index (κ2) is 5.29. The lowest BCUT2D eigenvalue weighted by Gasteiger charge is -2.11. The number of hydrogen-bond donors (Lipinski definition) is 2. The molecule has 0 spiro atoms. The summed E-state index contributed by atoms with van der Waals surface area (Å²) in [6, 6.07) is 3.88. The van der Waals surface area contributed by atoms with E-state index in [-0.39, 0.29) is 11.8 Å². The highest BCUT2D eigenvalue weighted by molar-refractivity contribution is 7.89. The summed E-state index contributed by atoms with van der Waals surface area (Å²) in [6.45, 7) is 2.33. The molecular weight excluding hydrogens is 216 g/mol. The van der Waals surface area contributed by atoms with E-state index in [1.807, 2.05) is 19.1 Å². The minimum atomic E-state index is -3.37. The molecule has 1 unspecified atom stereocenters. The number of nitrogens with one attached hydrogen (secondary N) is 1. The summed E-state index contributed by atoms with van der Waals surface area (Å²) in [7, 11) is -3.37. The van der Waals surface area contributed by atoms with Crippen molar-refractivity contribution in [3.8, 4) is 0 Å². The van der Waals surface area contributed by atoms with Gasteiger partial charge in [-0.05, 0) is 19.1 Å². The molecule has 5 nitrogen and oxygen atoms in total. The summed E-state index contributed by atoms with van der Waals surface area (Å²) in [5.74, 6) is 0.834. The molecule has 0 saturated carbocycles. The van der Waals surface area contributed by atoms with Crippen LogP contribution >= 0.6 is 0 Å². The molecule has 0 radical (unpaired) electrons. The van der Waals surface area contributed by atoms with Crippen molar-refractivity contribution in [1.29, 1.82) is 0 Å². The largest absolute Gasteiger partial charge is 0.469 e. The monoisotopic (exact) mass is 232 g/mol. The zero-order chi connectivity index (χ0) is 11.3. The molecule has 6 heteroatoms. The predicted molar refractivity (Wildman–Crippen MR) is 57.9 cm³/mol. The van der Waals surface area contributed by atoms with Gasteiger partial charge in [-0.2, -0.15) is 0 Å². The van der Waals surface area contributed by atoms with Crippen LogP contribution in [0.3, 0.4) is 0 Å². The molecule has 0 aliphatic carbocycles. The Balaban J connectivity index is 2.22. The number of sulfonamides is 1. The molecule has 1 heterocycles. The fourth-order valence-electron chi connectivity index (χ4n) is 1.25. The number of primary sulfonamides is 1. The van der Waals surface area contributed by atoms with Gasteiger partial charge in [-0.15, -0.1) is 0 Å². The van der Waals surface area contributed by atoms with E-state index in [9.17, 15) is 8.42 Å². The Morgan fingerprint density at radius 1 is 1.60 bits per heavy atom. The number of nitrogens with two attached hydrogens (primary N) is 1. The van der Waals surface area contributed by atoms with Crippen LogP contribution in [0.15, 0.2) is 22.8 Å². The smallest absolute Gasteiger partial charge is 0.210 e. The number of furan rings is 1. The molecule has 1 aromatic rings. The average molecular weight is 232 g/mol. The number of rotatable bonds is 6. The van der Waals surface area contributed by atoms with Crippen LogP contribution < -0.4 is 10.5 Å². The van der Waals surface area contributed by atoms with Crippen molar-refractivity contribution in [3.05, 3.63) is 24.2 Å². The zero-order valence-corrected chi connectivity index (χ0v) is 9.46. The van der Waals surface area contributed by atoms with Crippen LogP contribution in [0.25, 0.3) is 0 Å². The normalized spacial score (nSPS) is 14.0. The molecule has 0 aliphatic heterocycles. The summed E-state index contributed by atoms with van der Waals surface area (Å²) in [5, 5.41) is 7.93. The van der Waals surface area contributed by atoms with Crippen molar-refractivity contribution < 1.29 is 12.8 Å². The van der Waals surface area contributed by atoms with Crippen molar-refractivity contribution >= 4 is 10.0 Å². The minimum Gasteiger partial charge on any atom is -0.469 e. The van der Waals surface area contributed by atoms with Crippen LogP contribution in [0.5, 0.6) is 0 Å². The summed E-state index contributed by atoms with van der Waals surface area (Å²) in [5.41, 5.74) is 0. The lowest BCUT2D eigenvalue weighted by Crippen LogP contribution is -2.34. The summed E-state index contributed by atoms with van der Waals surface area (Å²) in [6.07, 6.45) is 2.35. The molecule has 1 aromatic heterocycles. The van der Waals surface area contributed by atoms with Gasteiger partial charge >= 0.3 is 0 Å². The van der Waals surface area contributed by atoms with Gasteiger partial charge in [-0.3, -0.25) is 0 Å². The van der Waals surface area contributed by atoms with Crippen molar-refractivity contribution in [1.82, 2.24) is 5.32 Å². The minimum absolute atomic E-state index is 0.0461. The van der Waals surface area contributed by atoms with Gasteiger partial charge in [0, 0.05) is 19.0 Å². The third-order valence-corrected chi connectivity index (χ3v) is 2.74. The third kappa shape index (κ3) is 5.56. The van der Waals surface area contributed by atoms with Gasteiger partial charge < -0.3 is 9.73 Å². The van der Waals surface area contributed by atoms with E-state index in [1.165, 1.54) is 0 Å². The third-order valence-electron chi connectivity index (χ3n) is 1.97. The lowest BCUT2D eigenvalue weighted by atomic mass is 10.2. The van der Waals surface area contributed by atoms with Crippen molar-refractivity contribution in [3.63, 3.8) is 0 Å². The fourth-order valence-corrected chi connectivity index (χ4v) is 1.65. The molecule has 1 atom stereocenters. The van der Waals surface area contributed by atoms with Gasteiger partial charge in [0.2, 0.25) is 10.0 Å². The van der Waals surface area contributed by atoms with E-state index >= 15 is 0 Å². The summed E-state index contributed by atoms with van der Waals surface area (Å²) >= 11 is 0. The van der Waals surface area contributed by atoms with Crippen LogP contribution in [-0.4, -0.2) is 26.8 Å². The Bertz CT molecular complexity index is 372. The Hall–Kier alpha value is -0.850. The molecule has 1 rings (SSSR count). The Morgan fingerprint density at radius 3 is 2.87 bits per heavy atom. The molecule has 0 saturated heterocycles. The maximum Gasteiger partial charge on any atom is 0.210 e. The molecular formula is C9H16N2O3S. The second-order valence-electron chi connectivity index (χ2n) is 3.51. The van der Waals surface area contributed by atoms with Crippen LogP contribution in [-0.2, 0) is 16.4 Å². The fraction of sp³-hybridized carbons (Fsp3) is 0.556. The standard InChI is InChI=1S/C9H16N2O3S/c1-8(7-9-3-2-5-14-9)11-4-6-15(10,12)13/h2-3,5,8,11H,4,6-7H2,1H3,(H2,10,12,13). The Kier molecular flexibility index (Phi) is 4.31. The molecule has 3 N–H and O–H groups in total. The van der Waals surface area contributed by atoms with E-state index < -0.39 is 10.0 Å². The molecule has 0 aromatic carbocycles. The topological polar surface area (TPSA) is 85.3 Å². The molecule has 0 fully saturated rings. The predicted octanol–water partition coefficient (Wildman–Crippen LogP) is 0.0887. The quantitative estimate of drug-likeness (QED) is 0.728. The van der Waals surface area contributed by atoms with E-state index in [0.717, 1.165) is 12.2 Å². The second-order valence-corrected chi connectivity index (χ2v) is 5.24. The van der Waals surface area contributed by atoms with Crippen LogP contribution in [0.2, 0.25) is 0 Å². The van der Waals surface area contributed by atoms with Crippen LogP contribution in [0.4, 0.5) is 0 Å². The Morgan fingerprint density at radius 2 is 2.33 bits per heavy atom. The first-order chi connectivity index (χ1) is 6.97. The van der Waals surface area contributed by atoms with E-state index in [2.05, 4.69) is 5.32 Å². The van der Waals surface area contributed by atoms with Gasteiger partial charge in [0.1, 0.15) is 5.76 Å². The highest BCUT2D eigenvalue weighted by Crippen LogP contribution is 2.03. The summed E-state index contributed by atoms with van der Waals surface area (Å²) < 4.78 is 26.5. The zero-order valence-electron chi connectivity index (χ0n) is 8.64. The highest BCUT2D eigenvalue weighted by Gasteiger charge is 2.07. The van der Waals surface area contributed by atoms with Crippen molar-refractivity contribution in [2.24, 2.45) is 5.14 Å². The average Bonchev–Trinajstić information content (AvgIpc) is 2.54. The number of hydrogen-bond acceptors (Lipinski definition) is 4. The first-order valence-corrected chi connectivity index (χ1v) is 6.45. The molecule has 86 valence electrons. The molecule has 0 amide bonds. The highest BCUT2D eigenvalue weighted by atomic mass is 32.2. The maximum atomic E-state index is 10.6. The van der Waals surface area contributed by atoms with Gasteiger partial charge in [0.25, 0.3) is 0 Å². The van der Waals surface area contributed by atoms with Crippen LogP contribution in [0, 0.1) is 0 Å². The maximum absolute atomic E-state index is 10.6. The molecule has 0 aliphatic rings. The van der Waals surface area contributed by atoms with Gasteiger partial charge in [-0.25, -0.2) is 13.6 Å². The molecule has 15 heavy (non-hydrogen) atoms. The summed E-state index contributed by atoms with van der Waals surface area (Å²) in [4.78, 5) is 0. The van der Waals surface area contributed by atoms with Crippen molar-refractivity contribution in [2.45, 2.75) is 19.4 Å². The van der Waals surface area contributed by atoms with Gasteiger partial charge in [-0.1, -0.05) is 0 Å². The SMILES string of the molecule is CC(Cc1ccco1)NCCS(N)(=O)=O. The van der Waals surface area contributed by atoms with Gasteiger partial charge in [0.15, 0.2) is 0 Å². The van der Waals surface area contributed by atoms with E-state index in [1.54, 1.807) is 6.26 Å². The van der Waals surface area contributed by atoms with Gasteiger partial charge in [0.05, 0.1) is 12.0 Å². The van der Waals surface area contributed by atoms with E-state index in [4.69, 9.17) is 9.56 Å². The lowest BCUT2D eigenvalue weighted by molar-refractivity contribution is 0.462. The van der Waals surface area contributed by atoms with Crippen molar-refractivity contribution in [2.75, 3.05) is 12.3 Å². The first kappa shape index (κ1) is 12.2. The van der Waals surface area contributed by atoms with E-state index in [0.29, 0.717) is 6.54 Å². The van der Waals surface area contributed by atoms with Crippen LogP contribution in [0.1, 0.15) is 12.7 Å². The Labute approximate surface area is 89.7 Å². The first-order valence-electron chi connectivity index (χ1n) is 4.73. The molecule has 0 bridgehead atoms.